The SMILES string of the molecule is CCN1CCC(n2cc(NC(=O)c3n[nH]c4c3CC3C(F)(F)C3(C)C4)cn2)CC1. The molecule has 7 nitrogen and oxygen atoms in total. The van der Waals surface area contributed by atoms with Crippen LogP contribution in [0.1, 0.15) is 54.5 Å². The first-order chi connectivity index (χ1) is 13.8. The third-order valence-corrected chi connectivity index (χ3v) is 7.24. The third-order valence-electron chi connectivity index (χ3n) is 7.24. The van der Waals surface area contributed by atoms with Crippen LogP contribution >= 0.6 is 0 Å². The lowest BCUT2D eigenvalue weighted by atomic mass is 9.87. The molecule has 2 N–H and O–H groups in total. The van der Waals surface area contributed by atoms with E-state index in [4.69, 9.17) is 0 Å². The highest BCUT2D eigenvalue weighted by atomic mass is 19.3. The zero-order chi connectivity index (χ0) is 20.4. The van der Waals surface area contributed by atoms with E-state index in [0.29, 0.717) is 23.0 Å². The van der Waals surface area contributed by atoms with E-state index in [1.807, 2.05) is 10.9 Å². The van der Waals surface area contributed by atoms with Gasteiger partial charge in [0.05, 0.1) is 17.9 Å². The number of alkyl halides is 2. The molecular formula is C20H26F2N6O. The Morgan fingerprint density at radius 3 is 2.86 bits per heavy atom. The van der Waals surface area contributed by atoms with Gasteiger partial charge in [-0.15, -0.1) is 0 Å². The van der Waals surface area contributed by atoms with Crippen molar-refractivity contribution in [1.29, 1.82) is 0 Å². The fourth-order valence-corrected chi connectivity index (χ4v) is 5.09. The largest absolute Gasteiger partial charge is 0.318 e. The van der Waals surface area contributed by atoms with E-state index in [9.17, 15) is 13.6 Å². The average Bonchev–Trinajstić information content (AvgIpc) is 3.15. The molecule has 1 saturated carbocycles. The Labute approximate surface area is 167 Å². The molecule has 2 atom stereocenters. The monoisotopic (exact) mass is 404 g/mol. The van der Waals surface area contributed by atoms with Gasteiger partial charge in [0.2, 0.25) is 0 Å². The molecule has 0 spiro atoms. The molecule has 0 radical (unpaired) electrons. The van der Waals surface area contributed by atoms with Crippen molar-refractivity contribution in [2.24, 2.45) is 11.3 Å². The number of halogens is 2. The van der Waals surface area contributed by atoms with Gasteiger partial charge in [-0.2, -0.15) is 10.2 Å². The number of fused-ring (bicyclic) bond motifs is 2. The number of amides is 1. The maximum atomic E-state index is 14.1. The number of nitrogens with one attached hydrogen (secondary N) is 2. The van der Waals surface area contributed by atoms with E-state index >= 15 is 0 Å². The smallest absolute Gasteiger partial charge is 0.276 e. The summed E-state index contributed by atoms with van der Waals surface area (Å²) in [6, 6.07) is 0.330. The summed E-state index contributed by atoms with van der Waals surface area (Å²) < 4.78 is 30.1. The van der Waals surface area contributed by atoms with Crippen molar-refractivity contribution in [3.05, 3.63) is 29.3 Å². The highest BCUT2D eigenvalue weighted by molar-refractivity contribution is 6.04. The van der Waals surface area contributed by atoms with Crippen molar-refractivity contribution in [3.63, 3.8) is 0 Å². The second kappa shape index (κ2) is 6.35. The minimum absolute atomic E-state index is 0.188. The molecule has 2 unspecified atom stereocenters. The molecule has 1 amide bonds. The van der Waals surface area contributed by atoms with Crippen molar-refractivity contribution in [2.75, 3.05) is 25.0 Å². The predicted octanol–water partition coefficient (Wildman–Crippen LogP) is 2.89. The molecule has 9 heteroatoms. The summed E-state index contributed by atoms with van der Waals surface area (Å²) in [6.07, 6.45) is 5.96. The topological polar surface area (TPSA) is 78.8 Å². The predicted molar refractivity (Wildman–Crippen MR) is 103 cm³/mol. The minimum Gasteiger partial charge on any atom is -0.318 e. The molecule has 1 saturated heterocycles. The van der Waals surface area contributed by atoms with Crippen LogP contribution in [0.3, 0.4) is 0 Å². The van der Waals surface area contributed by atoms with Gasteiger partial charge in [-0.1, -0.05) is 13.8 Å². The molecule has 3 heterocycles. The summed E-state index contributed by atoms with van der Waals surface area (Å²) in [7, 11) is 0. The maximum Gasteiger partial charge on any atom is 0.276 e. The van der Waals surface area contributed by atoms with E-state index in [-0.39, 0.29) is 24.4 Å². The first-order valence-corrected chi connectivity index (χ1v) is 10.3. The molecule has 156 valence electrons. The number of aromatic amines is 1. The lowest BCUT2D eigenvalue weighted by Crippen LogP contribution is -2.34. The minimum atomic E-state index is -2.67. The number of nitrogens with zero attached hydrogens (tertiary/aromatic N) is 4. The Kier molecular flexibility index (Phi) is 4.10. The van der Waals surface area contributed by atoms with Gasteiger partial charge in [0.25, 0.3) is 11.8 Å². The van der Waals surface area contributed by atoms with Gasteiger partial charge >= 0.3 is 0 Å². The molecule has 2 aromatic rings. The standard InChI is InChI=1S/C20H26F2N6O/c1-3-27-6-4-13(5-7-27)28-11-12(10-23-28)24-18(29)17-14-8-16-19(2,20(16,21)22)9-15(14)25-26-17/h10-11,13,16H,3-9H2,1-2H3,(H,24,29)(H,25,26). The summed E-state index contributed by atoms with van der Waals surface area (Å²) >= 11 is 0. The Hall–Kier alpha value is -2.29. The van der Waals surface area contributed by atoms with Crippen LogP contribution in [0.2, 0.25) is 0 Å². The second-order valence-electron chi connectivity index (χ2n) is 8.83. The molecular weight excluding hydrogens is 378 g/mol. The number of H-pyrrole nitrogens is 1. The number of hydrogen-bond donors (Lipinski definition) is 2. The number of carbonyl (C=O) groups excluding carboxylic acids is 1. The van der Waals surface area contributed by atoms with E-state index in [2.05, 4.69) is 32.4 Å². The van der Waals surface area contributed by atoms with Crippen molar-refractivity contribution >= 4 is 11.6 Å². The fraction of sp³-hybridized carbons (Fsp3) is 0.650. The molecule has 2 fully saturated rings. The van der Waals surface area contributed by atoms with Gasteiger partial charge in [0.15, 0.2) is 5.69 Å². The molecule has 0 bridgehead atoms. The summed E-state index contributed by atoms with van der Waals surface area (Å²) in [5.74, 6) is -3.76. The van der Waals surface area contributed by atoms with Gasteiger partial charge in [0.1, 0.15) is 0 Å². The summed E-state index contributed by atoms with van der Waals surface area (Å²) in [4.78, 5) is 15.2. The second-order valence-corrected chi connectivity index (χ2v) is 8.83. The van der Waals surface area contributed by atoms with Crippen molar-refractivity contribution < 1.29 is 13.6 Å². The van der Waals surface area contributed by atoms with Gasteiger partial charge in [-0.3, -0.25) is 14.6 Å². The van der Waals surface area contributed by atoms with Gasteiger partial charge in [-0.25, -0.2) is 8.78 Å². The number of rotatable bonds is 4. The number of piperidine rings is 1. The van der Waals surface area contributed by atoms with Crippen LogP contribution in [0, 0.1) is 11.3 Å². The quantitative estimate of drug-likeness (QED) is 0.821. The van der Waals surface area contributed by atoms with E-state index in [1.165, 1.54) is 0 Å². The Balaban J connectivity index is 1.27. The van der Waals surface area contributed by atoms with Crippen LogP contribution in [0.15, 0.2) is 12.4 Å². The Morgan fingerprint density at radius 2 is 2.14 bits per heavy atom. The van der Waals surface area contributed by atoms with E-state index in [0.717, 1.165) is 32.5 Å². The highest BCUT2D eigenvalue weighted by Gasteiger charge is 2.78. The molecule has 1 aliphatic heterocycles. The summed E-state index contributed by atoms with van der Waals surface area (Å²) in [6.45, 7) is 6.94. The zero-order valence-corrected chi connectivity index (χ0v) is 16.7. The van der Waals surface area contributed by atoms with Crippen LogP contribution in [0.25, 0.3) is 0 Å². The summed E-state index contributed by atoms with van der Waals surface area (Å²) in [5, 5.41) is 14.2. The van der Waals surface area contributed by atoms with Crippen molar-refractivity contribution in [3.8, 4) is 0 Å². The Bertz CT molecular complexity index is 945. The molecule has 0 aromatic carbocycles. The number of carbonyl (C=O) groups is 1. The van der Waals surface area contributed by atoms with Crippen LogP contribution in [0.5, 0.6) is 0 Å². The summed E-state index contributed by atoms with van der Waals surface area (Å²) in [5.41, 5.74) is 1.09. The molecule has 3 aliphatic rings. The zero-order valence-electron chi connectivity index (χ0n) is 16.7. The maximum absolute atomic E-state index is 14.1. The third kappa shape index (κ3) is 2.81. The van der Waals surface area contributed by atoms with Crippen molar-refractivity contribution in [2.45, 2.75) is 51.5 Å². The lowest BCUT2D eigenvalue weighted by Gasteiger charge is -2.31. The van der Waals surface area contributed by atoms with Crippen LogP contribution in [-0.2, 0) is 12.8 Å². The van der Waals surface area contributed by atoms with Gasteiger partial charge < -0.3 is 10.2 Å². The van der Waals surface area contributed by atoms with Crippen LogP contribution in [0.4, 0.5) is 14.5 Å². The van der Waals surface area contributed by atoms with Crippen molar-refractivity contribution in [1.82, 2.24) is 24.9 Å². The number of anilines is 1. The first kappa shape index (κ1) is 18.7. The van der Waals surface area contributed by atoms with Crippen LogP contribution < -0.4 is 5.32 Å². The number of likely N-dealkylation sites (tertiary alicyclic amines) is 1. The first-order valence-electron chi connectivity index (χ1n) is 10.3. The normalized spacial score (nSPS) is 28.6. The molecule has 29 heavy (non-hydrogen) atoms. The van der Waals surface area contributed by atoms with E-state index in [1.54, 1.807) is 13.1 Å². The molecule has 2 aliphatic carbocycles. The van der Waals surface area contributed by atoms with E-state index < -0.39 is 17.3 Å². The van der Waals surface area contributed by atoms with Gasteiger partial charge in [0, 0.05) is 48.3 Å². The lowest BCUT2D eigenvalue weighted by molar-refractivity contribution is 0.0631. The van der Waals surface area contributed by atoms with Crippen LogP contribution in [-0.4, -0.2) is 56.3 Å². The number of hydrogen-bond acceptors (Lipinski definition) is 4. The highest BCUT2D eigenvalue weighted by Crippen LogP contribution is 2.70. The van der Waals surface area contributed by atoms with Gasteiger partial charge in [-0.05, 0) is 25.8 Å². The Morgan fingerprint density at radius 1 is 1.38 bits per heavy atom. The molecule has 2 aromatic heterocycles. The number of aromatic nitrogens is 4. The average molecular weight is 404 g/mol. The molecule has 5 rings (SSSR count). The fourth-order valence-electron chi connectivity index (χ4n) is 5.09.